The molecule has 17 heavy (non-hydrogen) atoms. The normalized spacial score (nSPS) is 20.1. The van der Waals surface area contributed by atoms with Crippen molar-refractivity contribution >= 4 is 23.7 Å². The van der Waals surface area contributed by atoms with Crippen molar-refractivity contribution in [3.8, 4) is 0 Å². The highest BCUT2D eigenvalue weighted by Crippen LogP contribution is 2.25. The maximum atomic E-state index is 10.9. The van der Waals surface area contributed by atoms with Crippen LogP contribution in [0.4, 0.5) is 0 Å². The molecule has 1 fully saturated rings. The Bertz CT molecular complexity index is 265. The molecule has 0 radical (unpaired) electrons. The monoisotopic (exact) mass is 259 g/mol. The molecule has 5 nitrogen and oxygen atoms in total. The first-order valence-corrected chi connectivity index (χ1v) is 6.94. The van der Waals surface area contributed by atoms with Crippen LogP contribution in [0.5, 0.6) is 0 Å². The molecule has 0 bridgehead atoms. The van der Waals surface area contributed by atoms with Gasteiger partial charge in [0.15, 0.2) is 5.96 Å². The average molecular weight is 259 g/mol. The summed E-state index contributed by atoms with van der Waals surface area (Å²) in [5.41, 5.74) is 0. The van der Waals surface area contributed by atoms with E-state index in [0.29, 0.717) is 18.2 Å². The van der Waals surface area contributed by atoms with E-state index in [-0.39, 0.29) is 5.97 Å². The number of aliphatic imine (C=N–C) groups is 1. The molecule has 98 valence electrons. The van der Waals surface area contributed by atoms with Crippen molar-refractivity contribution in [3.63, 3.8) is 0 Å². The number of carbonyl (C=O) groups is 1. The molecule has 1 aliphatic rings. The second-order valence-electron chi connectivity index (χ2n) is 3.84. The minimum atomic E-state index is -0.209. The number of hydrogen-bond donors (Lipinski definition) is 2. The molecule has 1 heterocycles. The summed E-state index contributed by atoms with van der Waals surface area (Å²) in [6.07, 6.45) is 2.94. The highest BCUT2D eigenvalue weighted by Gasteiger charge is 2.15. The molecule has 1 unspecified atom stereocenters. The van der Waals surface area contributed by atoms with Crippen LogP contribution in [0.2, 0.25) is 0 Å². The smallest absolute Gasteiger partial charge is 0.307 e. The summed E-state index contributed by atoms with van der Waals surface area (Å²) >= 11 is 2.01. The van der Waals surface area contributed by atoms with Gasteiger partial charge in [-0.2, -0.15) is 11.8 Å². The SMILES string of the molecule is CN=C(NCCC(=O)OC)NCC1CCCS1. The fraction of sp³-hybridized carbons (Fsp3) is 0.818. The van der Waals surface area contributed by atoms with E-state index >= 15 is 0 Å². The van der Waals surface area contributed by atoms with Crippen LogP contribution in [0.25, 0.3) is 0 Å². The number of nitrogens with one attached hydrogen (secondary N) is 2. The van der Waals surface area contributed by atoms with Crippen molar-refractivity contribution in [1.82, 2.24) is 10.6 Å². The fourth-order valence-corrected chi connectivity index (χ4v) is 2.82. The van der Waals surface area contributed by atoms with Gasteiger partial charge in [-0.15, -0.1) is 0 Å². The van der Waals surface area contributed by atoms with Crippen LogP contribution in [0.15, 0.2) is 4.99 Å². The summed E-state index contributed by atoms with van der Waals surface area (Å²) in [5, 5.41) is 7.05. The fourth-order valence-electron chi connectivity index (χ4n) is 1.62. The highest BCUT2D eigenvalue weighted by atomic mass is 32.2. The maximum Gasteiger partial charge on any atom is 0.307 e. The average Bonchev–Trinajstić information content (AvgIpc) is 2.86. The zero-order valence-electron chi connectivity index (χ0n) is 10.5. The van der Waals surface area contributed by atoms with Crippen molar-refractivity contribution in [2.75, 3.05) is 33.0 Å². The number of ether oxygens (including phenoxy) is 1. The van der Waals surface area contributed by atoms with Gasteiger partial charge in [0, 0.05) is 25.4 Å². The molecule has 1 aliphatic heterocycles. The second kappa shape index (κ2) is 8.22. The molecule has 1 saturated heterocycles. The molecular weight excluding hydrogens is 238 g/mol. The van der Waals surface area contributed by atoms with Crippen molar-refractivity contribution in [3.05, 3.63) is 0 Å². The Hall–Kier alpha value is -0.910. The van der Waals surface area contributed by atoms with E-state index in [4.69, 9.17) is 0 Å². The van der Waals surface area contributed by atoms with E-state index in [9.17, 15) is 4.79 Å². The van der Waals surface area contributed by atoms with Crippen LogP contribution in [-0.4, -0.2) is 50.2 Å². The second-order valence-corrected chi connectivity index (χ2v) is 5.25. The molecule has 0 spiro atoms. The molecule has 6 heteroatoms. The Morgan fingerprint density at radius 2 is 2.35 bits per heavy atom. The van der Waals surface area contributed by atoms with Crippen molar-refractivity contribution in [2.24, 2.45) is 4.99 Å². The van der Waals surface area contributed by atoms with E-state index < -0.39 is 0 Å². The number of carbonyl (C=O) groups excluding carboxylic acids is 1. The first kappa shape index (κ1) is 14.2. The largest absolute Gasteiger partial charge is 0.469 e. The van der Waals surface area contributed by atoms with E-state index in [1.165, 1.54) is 25.7 Å². The van der Waals surface area contributed by atoms with E-state index in [1.807, 2.05) is 11.8 Å². The summed E-state index contributed by atoms with van der Waals surface area (Å²) in [5.74, 6) is 1.81. The molecular formula is C11H21N3O2S. The lowest BCUT2D eigenvalue weighted by Gasteiger charge is -2.14. The predicted molar refractivity (Wildman–Crippen MR) is 71.5 cm³/mol. The molecule has 1 atom stereocenters. The van der Waals surface area contributed by atoms with Crippen LogP contribution in [0.3, 0.4) is 0 Å². The zero-order valence-corrected chi connectivity index (χ0v) is 11.3. The maximum absolute atomic E-state index is 10.9. The van der Waals surface area contributed by atoms with Gasteiger partial charge in [-0.05, 0) is 18.6 Å². The van der Waals surface area contributed by atoms with Crippen molar-refractivity contribution in [1.29, 1.82) is 0 Å². The van der Waals surface area contributed by atoms with Gasteiger partial charge in [-0.25, -0.2) is 0 Å². The minimum absolute atomic E-state index is 0.209. The van der Waals surface area contributed by atoms with Crippen LogP contribution >= 0.6 is 11.8 Å². The Balaban J connectivity index is 2.13. The first-order chi connectivity index (χ1) is 8.26. The molecule has 0 amide bonds. The van der Waals surface area contributed by atoms with Gasteiger partial charge in [0.1, 0.15) is 0 Å². The van der Waals surface area contributed by atoms with Crippen LogP contribution in [0.1, 0.15) is 19.3 Å². The number of guanidine groups is 1. The van der Waals surface area contributed by atoms with Gasteiger partial charge < -0.3 is 15.4 Å². The molecule has 0 aromatic heterocycles. The standard InChI is InChI=1S/C11H21N3O2S/c1-12-11(13-6-5-10(15)16-2)14-8-9-4-3-7-17-9/h9H,3-8H2,1-2H3,(H2,12,13,14). The predicted octanol–water partition coefficient (Wildman–Crippen LogP) is 0.610. The Morgan fingerprint density at radius 1 is 1.53 bits per heavy atom. The quantitative estimate of drug-likeness (QED) is 0.430. The lowest BCUT2D eigenvalue weighted by molar-refractivity contribution is -0.140. The number of hydrogen-bond acceptors (Lipinski definition) is 4. The van der Waals surface area contributed by atoms with Gasteiger partial charge in [0.25, 0.3) is 0 Å². The minimum Gasteiger partial charge on any atom is -0.469 e. The summed E-state index contributed by atoms with van der Waals surface area (Å²) in [4.78, 5) is 15.0. The lowest BCUT2D eigenvalue weighted by atomic mass is 10.2. The van der Waals surface area contributed by atoms with E-state index in [0.717, 1.165) is 12.5 Å². The number of thioether (sulfide) groups is 1. The lowest BCUT2D eigenvalue weighted by Crippen LogP contribution is -2.40. The van der Waals surface area contributed by atoms with E-state index in [2.05, 4.69) is 20.4 Å². The molecule has 0 aromatic carbocycles. The van der Waals surface area contributed by atoms with Crippen LogP contribution < -0.4 is 10.6 Å². The number of rotatable bonds is 5. The summed E-state index contributed by atoms with van der Waals surface area (Å²) in [6.45, 7) is 1.48. The van der Waals surface area contributed by atoms with Gasteiger partial charge in [-0.1, -0.05) is 0 Å². The first-order valence-electron chi connectivity index (χ1n) is 5.89. The number of methoxy groups -OCH3 is 1. The number of esters is 1. The van der Waals surface area contributed by atoms with Crippen LogP contribution in [0, 0.1) is 0 Å². The zero-order chi connectivity index (χ0) is 12.5. The summed E-state index contributed by atoms with van der Waals surface area (Å²) in [7, 11) is 3.13. The Kier molecular flexibility index (Phi) is 6.84. The summed E-state index contributed by atoms with van der Waals surface area (Å²) in [6, 6.07) is 0. The molecule has 0 aliphatic carbocycles. The molecule has 2 N–H and O–H groups in total. The Labute approximate surface area is 107 Å². The molecule has 0 saturated carbocycles. The molecule has 0 aromatic rings. The van der Waals surface area contributed by atoms with Gasteiger partial charge in [0.05, 0.1) is 13.5 Å². The van der Waals surface area contributed by atoms with Crippen LogP contribution in [-0.2, 0) is 9.53 Å². The topological polar surface area (TPSA) is 62.7 Å². The van der Waals surface area contributed by atoms with E-state index in [1.54, 1.807) is 7.05 Å². The van der Waals surface area contributed by atoms with Crippen molar-refractivity contribution < 1.29 is 9.53 Å². The third-order valence-corrected chi connectivity index (χ3v) is 3.99. The highest BCUT2D eigenvalue weighted by molar-refractivity contribution is 8.00. The third kappa shape index (κ3) is 5.81. The van der Waals surface area contributed by atoms with Gasteiger partial charge >= 0.3 is 5.97 Å². The number of nitrogens with zero attached hydrogens (tertiary/aromatic N) is 1. The van der Waals surface area contributed by atoms with Gasteiger partial charge in [0.2, 0.25) is 0 Å². The third-order valence-electron chi connectivity index (χ3n) is 2.59. The summed E-state index contributed by atoms with van der Waals surface area (Å²) < 4.78 is 4.56. The van der Waals surface area contributed by atoms with Gasteiger partial charge in [-0.3, -0.25) is 9.79 Å². The Morgan fingerprint density at radius 3 is 2.94 bits per heavy atom. The molecule has 1 rings (SSSR count). The van der Waals surface area contributed by atoms with Crippen molar-refractivity contribution in [2.45, 2.75) is 24.5 Å².